The van der Waals surface area contributed by atoms with Gasteiger partial charge in [0.1, 0.15) is 0 Å². The number of aliphatic imine (C=N–C) groups is 1. The van der Waals surface area contributed by atoms with Crippen LogP contribution in [0.2, 0.25) is 0 Å². The largest absolute Gasteiger partial charge is 0.272 e. The zero-order chi connectivity index (χ0) is 11.0. The Morgan fingerprint density at radius 1 is 1.29 bits per heavy atom. The highest BCUT2D eigenvalue weighted by atomic mass is 14.6. The van der Waals surface area contributed by atoms with Gasteiger partial charge in [-0.1, -0.05) is 38.1 Å². The molecule has 1 nitrogen and oxygen atoms in total. The van der Waals surface area contributed by atoms with Gasteiger partial charge < -0.3 is 0 Å². The van der Waals surface area contributed by atoms with E-state index in [0.717, 1.165) is 5.22 Å². The molecule has 0 aliphatic carbocycles. The van der Waals surface area contributed by atoms with Gasteiger partial charge in [0, 0.05) is 6.20 Å². The normalized spacial score (nSPS) is 12.0. The molecule has 0 amide bonds. The molecule has 0 saturated carbocycles. The minimum absolute atomic E-state index is 1.13. The van der Waals surface area contributed by atoms with E-state index in [9.17, 15) is 0 Å². The van der Waals surface area contributed by atoms with Crippen LogP contribution in [0.5, 0.6) is 0 Å². The molecule has 0 aromatic heterocycles. The molecule has 0 saturated heterocycles. The number of nitrogens with zero attached hydrogens (tertiary/aromatic N) is 1. The Morgan fingerprint density at radius 3 is 2.43 bits per heavy atom. The van der Waals surface area contributed by atoms with Gasteiger partial charge in [-0.2, -0.15) is 0 Å². The van der Waals surface area contributed by atoms with Crippen LogP contribution in [0.1, 0.15) is 26.3 Å². The summed E-state index contributed by atoms with van der Waals surface area (Å²) in [6, 6.07) is 6.16. The van der Waals surface area contributed by atoms with E-state index in [1.807, 2.05) is 32.9 Å². The zero-order valence-corrected chi connectivity index (χ0v) is 9.54. The van der Waals surface area contributed by atoms with Crippen LogP contribution in [0.4, 0.5) is 0 Å². The van der Waals surface area contributed by atoms with Gasteiger partial charge in [-0.05, 0) is 36.6 Å². The van der Waals surface area contributed by atoms with E-state index in [-0.39, 0.29) is 0 Å². The van der Waals surface area contributed by atoms with E-state index in [4.69, 9.17) is 0 Å². The lowest BCUT2D eigenvalue weighted by atomic mass is 10.1. The summed E-state index contributed by atoms with van der Waals surface area (Å²) >= 11 is 0. The molecule has 0 atom stereocenters. The average Bonchev–Trinajstić information content (AvgIpc) is 2.22. The maximum absolute atomic E-state index is 3.76. The second-order valence-electron chi connectivity index (χ2n) is 2.68. The van der Waals surface area contributed by atoms with Crippen LogP contribution in [0.3, 0.4) is 0 Å². The average molecular weight is 189 g/mol. The van der Waals surface area contributed by atoms with E-state index in [2.05, 4.69) is 30.8 Å². The van der Waals surface area contributed by atoms with Crippen LogP contribution in [-0.4, -0.2) is 6.72 Å². The quantitative estimate of drug-likeness (QED) is 0.601. The number of hydrogen-bond donors (Lipinski definition) is 0. The SMILES string of the molecule is C=N/C=c1/cccc(C)/c1=C/C.CC. The fraction of sp³-hybridized carbons (Fsp3) is 0.308. The molecule has 0 fully saturated rings. The Bertz CT molecular complexity index is 388. The number of benzene rings is 1. The number of rotatable bonds is 1. The molecule has 1 heteroatoms. The molecule has 76 valence electrons. The summed E-state index contributed by atoms with van der Waals surface area (Å²) in [6.07, 6.45) is 3.87. The summed E-state index contributed by atoms with van der Waals surface area (Å²) in [5.41, 5.74) is 1.27. The van der Waals surface area contributed by atoms with Gasteiger partial charge in [-0.25, -0.2) is 0 Å². The Morgan fingerprint density at radius 2 is 1.93 bits per heavy atom. The highest BCUT2D eigenvalue weighted by Crippen LogP contribution is 1.83. The molecule has 0 unspecified atom stereocenters. The van der Waals surface area contributed by atoms with Crippen molar-refractivity contribution in [3.8, 4) is 0 Å². The lowest BCUT2D eigenvalue weighted by Crippen LogP contribution is -2.26. The summed E-state index contributed by atoms with van der Waals surface area (Å²) in [5, 5.41) is 2.37. The van der Waals surface area contributed by atoms with E-state index in [1.165, 1.54) is 10.8 Å². The van der Waals surface area contributed by atoms with Crippen molar-refractivity contribution >= 4 is 19.0 Å². The second-order valence-corrected chi connectivity index (χ2v) is 2.68. The topological polar surface area (TPSA) is 12.4 Å². The van der Waals surface area contributed by atoms with Gasteiger partial charge in [0.15, 0.2) is 0 Å². The Labute approximate surface area is 86.5 Å². The van der Waals surface area contributed by atoms with Crippen molar-refractivity contribution in [2.24, 2.45) is 4.99 Å². The molecule has 1 aromatic carbocycles. The first-order chi connectivity index (χ1) is 6.79. The zero-order valence-electron chi connectivity index (χ0n) is 9.54. The molecule has 0 bridgehead atoms. The summed E-state index contributed by atoms with van der Waals surface area (Å²) in [4.78, 5) is 3.76. The predicted octanol–water partition coefficient (Wildman–Crippen LogP) is 2.26. The van der Waals surface area contributed by atoms with Gasteiger partial charge >= 0.3 is 0 Å². The molecule has 0 spiro atoms. The van der Waals surface area contributed by atoms with Crippen molar-refractivity contribution in [3.63, 3.8) is 0 Å². The maximum atomic E-state index is 3.76. The first-order valence-corrected chi connectivity index (χ1v) is 4.97. The molecule has 0 aliphatic rings. The fourth-order valence-electron chi connectivity index (χ4n) is 1.31. The second kappa shape index (κ2) is 7.07. The van der Waals surface area contributed by atoms with Crippen molar-refractivity contribution in [3.05, 3.63) is 34.2 Å². The number of hydrogen-bond acceptors (Lipinski definition) is 1. The predicted molar refractivity (Wildman–Crippen MR) is 65.9 cm³/mol. The molecule has 14 heavy (non-hydrogen) atoms. The third-order valence-electron chi connectivity index (χ3n) is 1.88. The van der Waals surface area contributed by atoms with Gasteiger partial charge in [-0.15, -0.1) is 0 Å². The van der Waals surface area contributed by atoms with Crippen LogP contribution in [0.15, 0.2) is 23.2 Å². The van der Waals surface area contributed by atoms with Crippen molar-refractivity contribution in [2.75, 3.05) is 0 Å². The maximum Gasteiger partial charge on any atom is 0.0339 e. The summed E-state index contributed by atoms with van der Waals surface area (Å²) in [7, 11) is 0. The van der Waals surface area contributed by atoms with Crippen molar-refractivity contribution in [1.82, 2.24) is 0 Å². The minimum Gasteiger partial charge on any atom is -0.272 e. The lowest BCUT2D eigenvalue weighted by molar-refractivity contribution is 1.36. The molecule has 0 heterocycles. The smallest absolute Gasteiger partial charge is 0.0339 e. The molecule has 0 aliphatic heterocycles. The van der Waals surface area contributed by atoms with Crippen LogP contribution >= 0.6 is 0 Å². The molecule has 0 radical (unpaired) electrons. The lowest BCUT2D eigenvalue weighted by Gasteiger charge is -1.93. The molecule has 0 N–H and O–H groups in total. The number of aryl methyl sites for hydroxylation is 1. The highest BCUT2D eigenvalue weighted by molar-refractivity contribution is 5.39. The minimum atomic E-state index is 1.13. The highest BCUT2D eigenvalue weighted by Gasteiger charge is 1.87. The molecule has 1 aromatic rings. The van der Waals surface area contributed by atoms with Crippen molar-refractivity contribution < 1.29 is 0 Å². The van der Waals surface area contributed by atoms with E-state index < -0.39 is 0 Å². The molecular formula is C13H19N. The van der Waals surface area contributed by atoms with Crippen molar-refractivity contribution in [2.45, 2.75) is 27.7 Å². The summed E-state index contributed by atoms with van der Waals surface area (Å²) in [6.45, 7) is 11.6. The summed E-state index contributed by atoms with van der Waals surface area (Å²) in [5.74, 6) is 0. The van der Waals surface area contributed by atoms with Crippen LogP contribution in [-0.2, 0) is 0 Å². The fourth-order valence-corrected chi connectivity index (χ4v) is 1.31. The monoisotopic (exact) mass is 189 g/mol. The third kappa shape index (κ3) is 3.17. The Balaban J connectivity index is 0.000000791. The standard InChI is InChI=1S/C11H13N.C2H6/c1-4-11-9(2)6-5-7-10(11)8-12-3;1-2/h4-8H,3H2,1-2H3;1-2H3/b10-8-,11-4-;. The van der Waals surface area contributed by atoms with E-state index in [0.29, 0.717) is 0 Å². The van der Waals surface area contributed by atoms with Gasteiger partial charge in [0.05, 0.1) is 0 Å². The van der Waals surface area contributed by atoms with Crippen LogP contribution < -0.4 is 10.4 Å². The molecular weight excluding hydrogens is 170 g/mol. The van der Waals surface area contributed by atoms with Crippen molar-refractivity contribution in [1.29, 1.82) is 0 Å². The van der Waals surface area contributed by atoms with E-state index >= 15 is 0 Å². The Hall–Kier alpha value is -1.37. The van der Waals surface area contributed by atoms with Crippen LogP contribution in [0.25, 0.3) is 12.3 Å². The first-order valence-electron chi connectivity index (χ1n) is 4.97. The first kappa shape index (κ1) is 12.6. The van der Waals surface area contributed by atoms with Gasteiger partial charge in [-0.3, -0.25) is 4.99 Å². The van der Waals surface area contributed by atoms with Gasteiger partial charge in [0.2, 0.25) is 0 Å². The third-order valence-corrected chi connectivity index (χ3v) is 1.88. The Kier molecular flexibility index (Phi) is 6.38. The van der Waals surface area contributed by atoms with Gasteiger partial charge in [0.25, 0.3) is 0 Å². The molecule has 1 rings (SSSR count). The van der Waals surface area contributed by atoms with E-state index in [1.54, 1.807) is 6.20 Å². The van der Waals surface area contributed by atoms with Crippen LogP contribution in [0, 0.1) is 6.92 Å². The summed E-state index contributed by atoms with van der Waals surface area (Å²) < 4.78 is 0.